The van der Waals surface area contributed by atoms with Crippen LogP contribution in [0.2, 0.25) is 0 Å². The fraction of sp³-hybridized carbons (Fsp3) is 0.929. The molecule has 0 aliphatic heterocycles. The van der Waals surface area contributed by atoms with E-state index in [0.717, 1.165) is 18.8 Å². The van der Waals surface area contributed by atoms with Gasteiger partial charge in [-0.2, -0.15) is 0 Å². The largest absolute Gasteiger partial charge is 0.394 e. The van der Waals surface area contributed by atoms with Crippen LogP contribution in [0.15, 0.2) is 0 Å². The number of aliphatic hydroxyl groups is 1. The molecule has 0 spiro atoms. The Bertz CT molecular complexity index is 402. The van der Waals surface area contributed by atoms with E-state index < -0.39 is 0 Å². The van der Waals surface area contributed by atoms with Crippen LogP contribution in [0.25, 0.3) is 0 Å². The highest BCUT2D eigenvalue weighted by atomic mass is 16.3. The van der Waals surface area contributed by atoms with Gasteiger partial charge >= 0.3 is 0 Å². The zero-order chi connectivity index (χ0) is 14.4. The third kappa shape index (κ3) is 3.55. The first-order chi connectivity index (χ1) is 9.69. The molecule has 6 nitrogen and oxygen atoms in total. The monoisotopic (exact) mass is 281 g/mol. The summed E-state index contributed by atoms with van der Waals surface area (Å²) in [4.78, 5) is 0. The Balaban J connectivity index is 1.96. The van der Waals surface area contributed by atoms with E-state index in [-0.39, 0.29) is 12.1 Å². The van der Waals surface area contributed by atoms with Crippen molar-refractivity contribution in [2.45, 2.75) is 71.0 Å². The van der Waals surface area contributed by atoms with E-state index in [4.69, 9.17) is 0 Å². The van der Waals surface area contributed by atoms with Crippen molar-refractivity contribution < 1.29 is 5.11 Å². The average molecular weight is 281 g/mol. The molecular formula is C14H27N5O. The van der Waals surface area contributed by atoms with Crippen LogP contribution in [0.4, 0.5) is 0 Å². The smallest absolute Gasteiger partial charge is 0.165 e. The van der Waals surface area contributed by atoms with Crippen LogP contribution < -0.4 is 5.32 Å². The Hall–Kier alpha value is -1.01. The van der Waals surface area contributed by atoms with E-state index in [0.29, 0.717) is 12.5 Å². The fourth-order valence-electron chi connectivity index (χ4n) is 3.09. The summed E-state index contributed by atoms with van der Waals surface area (Å²) in [5.41, 5.74) is -0.233. The molecular weight excluding hydrogens is 254 g/mol. The van der Waals surface area contributed by atoms with E-state index >= 15 is 0 Å². The summed E-state index contributed by atoms with van der Waals surface area (Å²) in [5.74, 6) is 1.39. The molecule has 1 aliphatic rings. The van der Waals surface area contributed by atoms with Gasteiger partial charge in [-0.1, -0.05) is 26.2 Å². The molecule has 20 heavy (non-hydrogen) atoms. The van der Waals surface area contributed by atoms with E-state index in [1.54, 1.807) is 0 Å². The molecule has 1 aromatic rings. The van der Waals surface area contributed by atoms with Gasteiger partial charge in [-0.05, 0) is 42.5 Å². The molecule has 2 N–H and O–H groups in total. The summed E-state index contributed by atoms with van der Waals surface area (Å²) in [5, 5.41) is 25.1. The third-order valence-electron chi connectivity index (χ3n) is 4.53. The van der Waals surface area contributed by atoms with Crippen LogP contribution in [-0.2, 0) is 13.1 Å². The molecule has 1 saturated carbocycles. The summed E-state index contributed by atoms with van der Waals surface area (Å²) < 4.78 is 1.84. The van der Waals surface area contributed by atoms with Crippen LogP contribution in [-0.4, -0.2) is 37.5 Å². The Morgan fingerprint density at radius 2 is 2.10 bits per heavy atom. The lowest BCUT2D eigenvalue weighted by Gasteiger charge is -2.39. The minimum absolute atomic E-state index is 0.160. The standard InChI is InChI=1S/C14H27N5O/c1-3-9-19-13(16-17-18-19)10-15-14(2,11-20)12-7-5-4-6-8-12/h12,15,20H,3-11H2,1-2H3. The maximum absolute atomic E-state index is 9.82. The summed E-state index contributed by atoms with van der Waals surface area (Å²) in [6.07, 6.45) is 7.28. The van der Waals surface area contributed by atoms with Gasteiger partial charge in [-0.25, -0.2) is 4.68 Å². The van der Waals surface area contributed by atoms with Crippen molar-refractivity contribution in [3.63, 3.8) is 0 Å². The van der Waals surface area contributed by atoms with Crippen LogP contribution >= 0.6 is 0 Å². The number of nitrogens with zero attached hydrogens (tertiary/aromatic N) is 4. The van der Waals surface area contributed by atoms with Crippen molar-refractivity contribution in [3.05, 3.63) is 5.82 Å². The van der Waals surface area contributed by atoms with Gasteiger partial charge in [0.05, 0.1) is 13.2 Å². The van der Waals surface area contributed by atoms with Crippen molar-refractivity contribution in [2.75, 3.05) is 6.61 Å². The molecule has 114 valence electrons. The number of hydrogen-bond donors (Lipinski definition) is 2. The maximum atomic E-state index is 9.82. The van der Waals surface area contributed by atoms with E-state index in [1.165, 1.54) is 32.1 Å². The maximum Gasteiger partial charge on any atom is 0.165 e. The number of nitrogens with one attached hydrogen (secondary N) is 1. The number of tetrazole rings is 1. The second-order valence-electron chi connectivity index (χ2n) is 6.08. The minimum Gasteiger partial charge on any atom is -0.394 e. The number of aromatic nitrogens is 4. The predicted molar refractivity (Wildman–Crippen MR) is 77.0 cm³/mol. The van der Waals surface area contributed by atoms with Crippen molar-refractivity contribution in [3.8, 4) is 0 Å². The molecule has 0 amide bonds. The average Bonchev–Trinajstić information content (AvgIpc) is 2.93. The van der Waals surface area contributed by atoms with Gasteiger partial charge in [-0.15, -0.1) is 5.10 Å². The van der Waals surface area contributed by atoms with Gasteiger partial charge in [0, 0.05) is 12.1 Å². The zero-order valence-corrected chi connectivity index (χ0v) is 12.7. The topological polar surface area (TPSA) is 75.9 Å². The summed E-state index contributed by atoms with van der Waals surface area (Å²) in [6.45, 7) is 5.84. The molecule has 6 heteroatoms. The predicted octanol–water partition coefficient (Wildman–Crippen LogP) is 1.50. The Labute approximate surface area is 120 Å². The van der Waals surface area contributed by atoms with Crippen LogP contribution in [0.5, 0.6) is 0 Å². The molecule has 0 bridgehead atoms. The van der Waals surface area contributed by atoms with Crippen molar-refractivity contribution in [1.82, 2.24) is 25.5 Å². The SMILES string of the molecule is CCCn1nnnc1CNC(C)(CO)C1CCCCC1. The van der Waals surface area contributed by atoms with Gasteiger partial charge in [0.25, 0.3) is 0 Å². The van der Waals surface area contributed by atoms with Crippen molar-refractivity contribution >= 4 is 0 Å². The first kappa shape index (κ1) is 15.4. The van der Waals surface area contributed by atoms with Gasteiger partial charge < -0.3 is 10.4 Å². The Morgan fingerprint density at radius 3 is 2.75 bits per heavy atom. The van der Waals surface area contributed by atoms with Gasteiger partial charge in [-0.3, -0.25) is 0 Å². The molecule has 1 aromatic heterocycles. The number of aliphatic hydroxyl groups excluding tert-OH is 1. The van der Waals surface area contributed by atoms with Gasteiger partial charge in [0.2, 0.25) is 0 Å². The lowest BCUT2D eigenvalue weighted by atomic mass is 9.76. The summed E-state index contributed by atoms with van der Waals surface area (Å²) >= 11 is 0. The molecule has 1 aliphatic carbocycles. The first-order valence-electron chi connectivity index (χ1n) is 7.80. The second kappa shape index (κ2) is 7.13. The van der Waals surface area contributed by atoms with E-state index in [1.807, 2.05) is 4.68 Å². The molecule has 2 rings (SSSR count). The molecule has 1 heterocycles. The zero-order valence-electron chi connectivity index (χ0n) is 12.7. The van der Waals surface area contributed by atoms with Crippen molar-refractivity contribution in [2.24, 2.45) is 5.92 Å². The van der Waals surface area contributed by atoms with Gasteiger partial charge in [0.1, 0.15) is 0 Å². The van der Waals surface area contributed by atoms with Crippen LogP contribution in [0.1, 0.15) is 58.2 Å². The Morgan fingerprint density at radius 1 is 1.35 bits per heavy atom. The van der Waals surface area contributed by atoms with E-state index in [2.05, 4.69) is 34.7 Å². The lowest BCUT2D eigenvalue weighted by molar-refractivity contribution is 0.0926. The second-order valence-corrected chi connectivity index (χ2v) is 6.08. The molecule has 1 atom stereocenters. The highest BCUT2D eigenvalue weighted by Gasteiger charge is 2.34. The van der Waals surface area contributed by atoms with Crippen LogP contribution in [0.3, 0.4) is 0 Å². The number of rotatable bonds is 7. The quantitative estimate of drug-likeness (QED) is 0.792. The molecule has 1 unspecified atom stereocenters. The molecule has 0 saturated heterocycles. The van der Waals surface area contributed by atoms with E-state index in [9.17, 15) is 5.11 Å². The highest BCUT2D eigenvalue weighted by Crippen LogP contribution is 2.32. The summed E-state index contributed by atoms with van der Waals surface area (Å²) in [7, 11) is 0. The number of hydrogen-bond acceptors (Lipinski definition) is 5. The minimum atomic E-state index is -0.233. The Kier molecular flexibility index (Phi) is 5.48. The first-order valence-corrected chi connectivity index (χ1v) is 7.80. The van der Waals surface area contributed by atoms with Crippen molar-refractivity contribution in [1.29, 1.82) is 0 Å². The summed E-state index contributed by atoms with van der Waals surface area (Å²) in [6, 6.07) is 0. The molecule has 0 radical (unpaired) electrons. The normalized spacial score (nSPS) is 19.9. The molecule has 1 fully saturated rings. The third-order valence-corrected chi connectivity index (χ3v) is 4.53. The highest BCUT2D eigenvalue weighted by molar-refractivity contribution is 4.93. The molecule has 0 aromatic carbocycles. The number of aryl methyl sites for hydroxylation is 1. The van der Waals surface area contributed by atoms with Gasteiger partial charge in [0.15, 0.2) is 5.82 Å². The lowest BCUT2D eigenvalue weighted by Crippen LogP contribution is -2.52. The fourth-order valence-corrected chi connectivity index (χ4v) is 3.09. The van der Waals surface area contributed by atoms with Crippen LogP contribution in [0, 0.1) is 5.92 Å².